The quantitative estimate of drug-likeness (QED) is 0.324. The van der Waals surface area contributed by atoms with E-state index in [0.717, 1.165) is 0 Å². The van der Waals surface area contributed by atoms with Crippen molar-refractivity contribution in [3.63, 3.8) is 0 Å². The van der Waals surface area contributed by atoms with E-state index in [1.807, 2.05) is 0 Å². The second-order valence-corrected chi connectivity index (χ2v) is 5.19. The normalized spacial score (nSPS) is 12.1. The molecule has 0 aliphatic rings. The molecule has 0 rings (SSSR count). The summed E-state index contributed by atoms with van der Waals surface area (Å²) < 4.78 is 13.8. The fraction of sp³-hybridized carbons (Fsp3) is 0.688. The minimum Gasteiger partial charge on any atom is -0.463 e. The average molecular weight is 362 g/mol. The van der Waals surface area contributed by atoms with Gasteiger partial charge in [0.1, 0.15) is 30.7 Å². The number of carbonyl (C=O) groups excluding carboxylic acids is 5. The molecule has 9 heteroatoms. The summed E-state index contributed by atoms with van der Waals surface area (Å²) in [4.78, 5) is 53.5. The Morgan fingerprint density at radius 2 is 1.44 bits per heavy atom. The number of methoxy groups -OCH3 is 1. The van der Waals surface area contributed by atoms with Crippen LogP contribution in [0.25, 0.3) is 0 Å². The van der Waals surface area contributed by atoms with Crippen molar-refractivity contribution >= 4 is 29.3 Å². The molecule has 0 aromatic rings. The van der Waals surface area contributed by atoms with Crippen LogP contribution in [0.2, 0.25) is 0 Å². The minimum atomic E-state index is -1.26. The zero-order valence-electron chi connectivity index (χ0n) is 15.2. The highest BCUT2D eigenvalue weighted by atomic mass is 16.6. The molecule has 2 unspecified atom stereocenters. The lowest BCUT2D eigenvalue weighted by Gasteiger charge is -2.12. The van der Waals surface area contributed by atoms with E-state index in [2.05, 4.69) is 14.2 Å². The van der Waals surface area contributed by atoms with Crippen LogP contribution in [-0.4, -0.2) is 66.9 Å². The summed E-state index contributed by atoms with van der Waals surface area (Å²) in [5.74, 6) is -2.29. The van der Waals surface area contributed by atoms with Crippen molar-refractivity contribution in [3.05, 3.63) is 0 Å². The molecular weight excluding hydrogens is 336 g/mol. The molecule has 0 amide bonds. The molecule has 0 bridgehead atoms. The standard InChI is InChI=1S/C9H14O5.C7H12O4/c1-5(10)4-8(12)7(3)14-9(13)6(2)11;1-6(8)5-7(9)11-4-3-10-2/h6-7,11H,4H2,1-3H3;3-5H2,1-2H3. The number of aliphatic hydroxyl groups is 1. The van der Waals surface area contributed by atoms with E-state index in [-0.39, 0.29) is 31.0 Å². The number of rotatable bonds is 10. The molecule has 1 N–H and O–H groups in total. The zero-order valence-corrected chi connectivity index (χ0v) is 15.2. The Balaban J connectivity index is 0. The Morgan fingerprint density at radius 3 is 1.84 bits per heavy atom. The first kappa shape index (κ1) is 25.1. The predicted molar refractivity (Wildman–Crippen MR) is 85.7 cm³/mol. The Labute approximate surface area is 146 Å². The molecule has 0 aromatic heterocycles. The Hall–Kier alpha value is -2.13. The smallest absolute Gasteiger partial charge is 0.335 e. The molecule has 0 heterocycles. The van der Waals surface area contributed by atoms with Gasteiger partial charge in [-0.3, -0.25) is 19.2 Å². The largest absolute Gasteiger partial charge is 0.463 e. The molecule has 25 heavy (non-hydrogen) atoms. The first-order chi connectivity index (χ1) is 11.5. The monoisotopic (exact) mass is 362 g/mol. The maximum atomic E-state index is 11.1. The van der Waals surface area contributed by atoms with Crippen LogP contribution in [0.1, 0.15) is 40.5 Å². The number of aliphatic hydroxyl groups excluding tert-OH is 1. The van der Waals surface area contributed by atoms with Crippen LogP contribution in [-0.2, 0) is 38.2 Å². The summed E-state index contributed by atoms with van der Waals surface area (Å²) in [6.07, 6.45) is -2.65. The summed E-state index contributed by atoms with van der Waals surface area (Å²) in [5.41, 5.74) is 0. The first-order valence-electron chi connectivity index (χ1n) is 7.55. The number of esters is 2. The second kappa shape index (κ2) is 14.2. The van der Waals surface area contributed by atoms with Crippen LogP contribution in [0.3, 0.4) is 0 Å². The van der Waals surface area contributed by atoms with E-state index in [1.165, 1.54) is 34.8 Å². The number of ether oxygens (including phenoxy) is 3. The molecule has 0 aliphatic carbocycles. The van der Waals surface area contributed by atoms with Gasteiger partial charge in [0.25, 0.3) is 0 Å². The third-order valence-corrected chi connectivity index (χ3v) is 2.45. The maximum absolute atomic E-state index is 11.1. The highest BCUT2D eigenvalue weighted by molar-refractivity contribution is 6.00. The van der Waals surface area contributed by atoms with Crippen molar-refractivity contribution in [1.82, 2.24) is 0 Å². The number of hydrogen-bond donors (Lipinski definition) is 1. The van der Waals surface area contributed by atoms with Gasteiger partial charge in [0.15, 0.2) is 11.9 Å². The molecule has 0 radical (unpaired) electrons. The van der Waals surface area contributed by atoms with Gasteiger partial charge in [-0.15, -0.1) is 0 Å². The van der Waals surface area contributed by atoms with Crippen molar-refractivity contribution in [1.29, 1.82) is 0 Å². The number of hydrogen-bond acceptors (Lipinski definition) is 9. The molecule has 0 saturated heterocycles. The van der Waals surface area contributed by atoms with Gasteiger partial charge in [-0.25, -0.2) is 4.79 Å². The average Bonchev–Trinajstić information content (AvgIpc) is 2.46. The fourth-order valence-corrected chi connectivity index (χ4v) is 1.22. The van der Waals surface area contributed by atoms with E-state index >= 15 is 0 Å². The fourth-order valence-electron chi connectivity index (χ4n) is 1.22. The topological polar surface area (TPSA) is 133 Å². The number of carbonyl (C=O) groups is 5. The Bertz CT molecular complexity index is 468. The number of Topliss-reactive ketones (excluding diaryl/α,β-unsaturated/α-hetero) is 3. The summed E-state index contributed by atoms with van der Waals surface area (Å²) in [5, 5.41) is 8.78. The van der Waals surface area contributed by atoms with Gasteiger partial charge < -0.3 is 19.3 Å². The Kier molecular flexibility index (Phi) is 14.3. The lowest BCUT2D eigenvalue weighted by Crippen LogP contribution is -2.30. The van der Waals surface area contributed by atoms with Gasteiger partial charge in [0, 0.05) is 7.11 Å². The second-order valence-electron chi connectivity index (χ2n) is 5.19. The molecular formula is C16H26O9. The van der Waals surface area contributed by atoms with Gasteiger partial charge in [-0.1, -0.05) is 0 Å². The van der Waals surface area contributed by atoms with E-state index in [9.17, 15) is 24.0 Å². The van der Waals surface area contributed by atoms with E-state index in [4.69, 9.17) is 5.11 Å². The van der Waals surface area contributed by atoms with Crippen molar-refractivity contribution in [2.45, 2.75) is 52.7 Å². The van der Waals surface area contributed by atoms with E-state index in [0.29, 0.717) is 6.61 Å². The van der Waals surface area contributed by atoms with Crippen molar-refractivity contribution in [2.24, 2.45) is 0 Å². The molecule has 0 aliphatic heterocycles. The summed E-state index contributed by atoms with van der Waals surface area (Å²) in [7, 11) is 1.51. The van der Waals surface area contributed by atoms with Crippen molar-refractivity contribution in [3.8, 4) is 0 Å². The first-order valence-corrected chi connectivity index (χ1v) is 7.55. The van der Waals surface area contributed by atoms with Crippen LogP contribution < -0.4 is 0 Å². The van der Waals surface area contributed by atoms with Gasteiger partial charge in [0.2, 0.25) is 0 Å². The van der Waals surface area contributed by atoms with E-state index < -0.39 is 29.9 Å². The predicted octanol–water partition coefficient (Wildman–Crippen LogP) is 0.00220. The summed E-state index contributed by atoms with van der Waals surface area (Å²) >= 11 is 0. The third kappa shape index (κ3) is 16.5. The molecule has 2 atom stereocenters. The SMILES string of the molecule is CC(=O)CC(=O)C(C)OC(=O)C(C)O.COCCOC(=O)CC(C)=O. The Morgan fingerprint density at radius 1 is 0.920 bits per heavy atom. The lowest BCUT2D eigenvalue weighted by atomic mass is 10.1. The lowest BCUT2D eigenvalue weighted by molar-refractivity contribution is -0.161. The van der Waals surface area contributed by atoms with Gasteiger partial charge >= 0.3 is 11.9 Å². The molecule has 0 saturated carbocycles. The van der Waals surface area contributed by atoms with Gasteiger partial charge in [-0.05, 0) is 27.7 Å². The van der Waals surface area contributed by atoms with Crippen LogP contribution in [0, 0.1) is 0 Å². The highest BCUT2D eigenvalue weighted by Gasteiger charge is 2.21. The van der Waals surface area contributed by atoms with Crippen LogP contribution in [0.5, 0.6) is 0 Å². The highest BCUT2D eigenvalue weighted by Crippen LogP contribution is 2.00. The zero-order chi connectivity index (χ0) is 20.0. The van der Waals surface area contributed by atoms with Crippen LogP contribution >= 0.6 is 0 Å². The molecule has 0 fully saturated rings. The maximum Gasteiger partial charge on any atom is 0.335 e. The van der Waals surface area contributed by atoms with Crippen molar-refractivity contribution in [2.75, 3.05) is 20.3 Å². The third-order valence-electron chi connectivity index (χ3n) is 2.45. The van der Waals surface area contributed by atoms with Gasteiger partial charge in [-0.2, -0.15) is 0 Å². The molecule has 9 nitrogen and oxygen atoms in total. The molecule has 0 aromatic carbocycles. The van der Waals surface area contributed by atoms with Crippen LogP contribution in [0.15, 0.2) is 0 Å². The van der Waals surface area contributed by atoms with Gasteiger partial charge in [0.05, 0.1) is 13.0 Å². The van der Waals surface area contributed by atoms with Crippen molar-refractivity contribution < 1.29 is 43.3 Å². The number of ketones is 3. The summed E-state index contributed by atoms with van der Waals surface area (Å²) in [6.45, 7) is 5.81. The summed E-state index contributed by atoms with van der Waals surface area (Å²) in [6, 6.07) is 0. The van der Waals surface area contributed by atoms with E-state index in [1.54, 1.807) is 0 Å². The molecule has 144 valence electrons. The minimum absolute atomic E-state index is 0.149. The molecule has 0 spiro atoms. The van der Waals surface area contributed by atoms with Crippen LogP contribution in [0.4, 0.5) is 0 Å².